The number of carboxylic acid groups (broad SMARTS) is 1. The van der Waals surface area contributed by atoms with Crippen LogP contribution in [0.15, 0.2) is 0 Å². The molecule has 0 aromatic carbocycles. The van der Waals surface area contributed by atoms with E-state index in [0.717, 1.165) is 13.1 Å². The molecule has 0 aromatic rings. The van der Waals surface area contributed by atoms with Gasteiger partial charge in [-0.15, -0.1) is 0 Å². The van der Waals surface area contributed by atoms with Crippen molar-refractivity contribution in [2.45, 2.75) is 18.4 Å². The monoisotopic (exact) mass is 228 g/mol. The number of carbonyl (C=O) groups is 2. The van der Waals surface area contributed by atoms with E-state index in [1.165, 1.54) is 0 Å². The Morgan fingerprint density at radius 3 is 2.69 bits per heavy atom. The molecule has 6 heteroatoms. The molecule has 1 atom stereocenters. The third kappa shape index (κ3) is 2.17. The summed E-state index contributed by atoms with van der Waals surface area (Å²) >= 11 is 0. The molecule has 0 radical (unpaired) electrons. The fourth-order valence-electron chi connectivity index (χ4n) is 1.96. The predicted octanol–water partition coefficient (Wildman–Crippen LogP) is -1.04. The van der Waals surface area contributed by atoms with Crippen molar-refractivity contribution in [3.63, 3.8) is 0 Å². The lowest BCUT2D eigenvalue weighted by Gasteiger charge is -2.29. The Morgan fingerprint density at radius 1 is 1.50 bits per heavy atom. The van der Waals surface area contributed by atoms with E-state index in [9.17, 15) is 9.59 Å². The molecule has 6 nitrogen and oxygen atoms in total. The molecule has 1 amide bonds. The Balaban J connectivity index is 1.89. The Kier molecular flexibility index (Phi) is 3.11. The maximum absolute atomic E-state index is 11.7. The first-order chi connectivity index (χ1) is 7.62. The highest BCUT2D eigenvalue weighted by molar-refractivity contribution is 5.87. The Bertz CT molecular complexity index is 295. The van der Waals surface area contributed by atoms with Crippen molar-refractivity contribution >= 4 is 11.9 Å². The molecule has 2 rings (SSSR count). The SMILES string of the molecule is O=C(CC1CNC1)NC1(C(=O)O)CCOC1. The van der Waals surface area contributed by atoms with Gasteiger partial charge in [-0.3, -0.25) is 4.79 Å². The van der Waals surface area contributed by atoms with Crippen LogP contribution in [0.2, 0.25) is 0 Å². The minimum Gasteiger partial charge on any atom is -0.479 e. The summed E-state index contributed by atoms with van der Waals surface area (Å²) in [7, 11) is 0. The van der Waals surface area contributed by atoms with Gasteiger partial charge < -0.3 is 20.5 Å². The fraction of sp³-hybridized carbons (Fsp3) is 0.800. The minimum atomic E-state index is -1.20. The van der Waals surface area contributed by atoms with E-state index >= 15 is 0 Å². The first kappa shape index (κ1) is 11.3. The van der Waals surface area contributed by atoms with Gasteiger partial charge >= 0.3 is 5.97 Å². The number of hydrogen-bond donors (Lipinski definition) is 3. The third-order valence-electron chi connectivity index (χ3n) is 3.15. The summed E-state index contributed by atoms with van der Waals surface area (Å²) in [6.45, 7) is 2.13. The highest BCUT2D eigenvalue weighted by Gasteiger charge is 2.44. The number of ether oxygens (including phenoxy) is 1. The van der Waals surface area contributed by atoms with E-state index in [0.29, 0.717) is 25.4 Å². The molecule has 90 valence electrons. The number of amides is 1. The lowest BCUT2D eigenvalue weighted by molar-refractivity contribution is -0.147. The van der Waals surface area contributed by atoms with E-state index in [4.69, 9.17) is 9.84 Å². The molecule has 1 unspecified atom stereocenters. The summed E-state index contributed by atoms with van der Waals surface area (Å²) in [4.78, 5) is 22.8. The van der Waals surface area contributed by atoms with Gasteiger partial charge in [0.15, 0.2) is 5.54 Å². The molecular weight excluding hydrogens is 212 g/mol. The molecule has 0 aliphatic carbocycles. The molecule has 0 spiro atoms. The Labute approximate surface area is 93.3 Å². The standard InChI is InChI=1S/C10H16N2O4/c13-8(3-7-4-11-5-7)12-10(9(14)15)1-2-16-6-10/h7,11H,1-6H2,(H,12,13)(H,14,15). The summed E-state index contributed by atoms with van der Waals surface area (Å²) in [5.74, 6) is -0.863. The van der Waals surface area contributed by atoms with Crippen LogP contribution in [0.4, 0.5) is 0 Å². The number of nitrogens with one attached hydrogen (secondary N) is 2. The molecule has 0 aromatic heterocycles. The average molecular weight is 228 g/mol. The molecular formula is C10H16N2O4. The molecule has 3 N–H and O–H groups in total. The van der Waals surface area contributed by atoms with Crippen LogP contribution in [-0.2, 0) is 14.3 Å². The Morgan fingerprint density at radius 2 is 2.25 bits per heavy atom. The molecule has 2 aliphatic rings. The lowest BCUT2D eigenvalue weighted by atomic mass is 9.95. The third-order valence-corrected chi connectivity index (χ3v) is 3.15. The van der Waals surface area contributed by atoms with Gasteiger partial charge in [-0.2, -0.15) is 0 Å². The van der Waals surface area contributed by atoms with Crippen LogP contribution in [0, 0.1) is 5.92 Å². The predicted molar refractivity (Wildman–Crippen MR) is 54.9 cm³/mol. The van der Waals surface area contributed by atoms with Gasteiger partial charge in [-0.25, -0.2) is 4.79 Å². The second-order valence-electron chi connectivity index (χ2n) is 4.47. The quantitative estimate of drug-likeness (QED) is 0.572. The van der Waals surface area contributed by atoms with E-state index in [1.54, 1.807) is 0 Å². The Hall–Kier alpha value is -1.14. The summed E-state index contributed by atoms with van der Waals surface area (Å²) in [6.07, 6.45) is 0.735. The summed E-state index contributed by atoms with van der Waals surface area (Å²) in [6, 6.07) is 0. The zero-order valence-corrected chi connectivity index (χ0v) is 8.99. The second kappa shape index (κ2) is 4.39. The number of aliphatic carboxylic acids is 1. The number of rotatable bonds is 4. The maximum Gasteiger partial charge on any atom is 0.331 e. The molecule has 16 heavy (non-hydrogen) atoms. The molecule has 0 saturated carbocycles. The zero-order chi connectivity index (χ0) is 11.6. The van der Waals surface area contributed by atoms with Crippen LogP contribution in [0.1, 0.15) is 12.8 Å². The van der Waals surface area contributed by atoms with E-state index in [2.05, 4.69) is 10.6 Å². The van der Waals surface area contributed by atoms with Crippen molar-refractivity contribution in [2.75, 3.05) is 26.3 Å². The molecule has 2 heterocycles. The van der Waals surface area contributed by atoms with Crippen molar-refractivity contribution < 1.29 is 19.4 Å². The summed E-state index contributed by atoms with van der Waals surface area (Å²) in [5, 5.41) is 14.8. The first-order valence-electron chi connectivity index (χ1n) is 5.45. The highest BCUT2D eigenvalue weighted by Crippen LogP contribution is 2.20. The minimum absolute atomic E-state index is 0.0665. The summed E-state index contributed by atoms with van der Waals surface area (Å²) in [5.41, 5.74) is -1.20. The van der Waals surface area contributed by atoms with Gasteiger partial charge in [-0.1, -0.05) is 0 Å². The lowest BCUT2D eigenvalue weighted by Crippen LogP contribution is -2.56. The smallest absolute Gasteiger partial charge is 0.331 e. The zero-order valence-electron chi connectivity index (χ0n) is 8.99. The van der Waals surface area contributed by atoms with Gasteiger partial charge in [0, 0.05) is 19.4 Å². The molecule has 0 bridgehead atoms. The van der Waals surface area contributed by atoms with Gasteiger partial charge in [0.2, 0.25) is 5.91 Å². The van der Waals surface area contributed by atoms with Gasteiger partial charge in [0.05, 0.1) is 6.61 Å². The van der Waals surface area contributed by atoms with Crippen LogP contribution >= 0.6 is 0 Å². The van der Waals surface area contributed by atoms with Crippen molar-refractivity contribution in [3.05, 3.63) is 0 Å². The average Bonchev–Trinajstić information content (AvgIpc) is 2.61. The summed E-state index contributed by atoms with van der Waals surface area (Å²) < 4.78 is 5.06. The van der Waals surface area contributed by atoms with Crippen LogP contribution in [0.5, 0.6) is 0 Å². The van der Waals surface area contributed by atoms with Crippen LogP contribution < -0.4 is 10.6 Å². The maximum atomic E-state index is 11.7. The molecule has 2 aliphatic heterocycles. The van der Waals surface area contributed by atoms with Crippen molar-refractivity contribution in [2.24, 2.45) is 5.92 Å². The first-order valence-corrected chi connectivity index (χ1v) is 5.45. The molecule has 2 saturated heterocycles. The number of carbonyl (C=O) groups excluding carboxylic acids is 1. The van der Waals surface area contributed by atoms with Crippen LogP contribution in [0.25, 0.3) is 0 Å². The number of hydrogen-bond acceptors (Lipinski definition) is 4. The van der Waals surface area contributed by atoms with Crippen LogP contribution in [-0.4, -0.2) is 48.8 Å². The molecule has 2 fully saturated rings. The topological polar surface area (TPSA) is 87.7 Å². The van der Waals surface area contributed by atoms with E-state index in [-0.39, 0.29) is 12.5 Å². The van der Waals surface area contributed by atoms with Crippen molar-refractivity contribution in [1.29, 1.82) is 0 Å². The van der Waals surface area contributed by atoms with E-state index in [1.807, 2.05) is 0 Å². The van der Waals surface area contributed by atoms with Gasteiger partial charge in [-0.05, 0) is 19.0 Å². The largest absolute Gasteiger partial charge is 0.479 e. The van der Waals surface area contributed by atoms with Crippen molar-refractivity contribution in [3.8, 4) is 0 Å². The normalized spacial score (nSPS) is 29.8. The fourth-order valence-corrected chi connectivity index (χ4v) is 1.96. The second-order valence-corrected chi connectivity index (χ2v) is 4.47. The number of carboxylic acids is 1. The van der Waals surface area contributed by atoms with Gasteiger partial charge in [0.1, 0.15) is 0 Å². The van der Waals surface area contributed by atoms with Crippen molar-refractivity contribution in [1.82, 2.24) is 10.6 Å². The highest BCUT2D eigenvalue weighted by atomic mass is 16.5. The van der Waals surface area contributed by atoms with Gasteiger partial charge in [0.25, 0.3) is 0 Å². The van der Waals surface area contributed by atoms with Crippen LogP contribution in [0.3, 0.4) is 0 Å². The van der Waals surface area contributed by atoms with E-state index < -0.39 is 11.5 Å².